The molecular weight excluding hydrogens is 451 g/mol. The molecule has 2 aromatic rings. The number of halogens is 1. The Morgan fingerprint density at radius 2 is 1.74 bits per heavy atom. The minimum Gasteiger partial charge on any atom is -0.352 e. The number of piperidine rings is 1. The third-order valence-electron chi connectivity index (χ3n) is 6.35. The highest BCUT2D eigenvalue weighted by Gasteiger charge is 2.34. The number of thiocarbonyl (C=S) groups is 1. The van der Waals surface area contributed by atoms with E-state index in [0.29, 0.717) is 36.6 Å². The maximum atomic E-state index is 13.2. The molecule has 1 heterocycles. The van der Waals surface area contributed by atoms with Crippen LogP contribution in [0.3, 0.4) is 0 Å². The molecule has 0 bridgehead atoms. The zero-order valence-corrected chi connectivity index (χ0v) is 20.8. The number of nitrogens with one attached hydrogen (secondary N) is 3. The van der Waals surface area contributed by atoms with Gasteiger partial charge in [-0.15, -0.1) is 0 Å². The maximum absolute atomic E-state index is 13.2. The molecule has 1 saturated heterocycles. The largest absolute Gasteiger partial charge is 0.352 e. The van der Waals surface area contributed by atoms with E-state index in [2.05, 4.69) is 16.0 Å². The Labute approximate surface area is 206 Å². The van der Waals surface area contributed by atoms with Gasteiger partial charge in [0.2, 0.25) is 5.91 Å². The van der Waals surface area contributed by atoms with Crippen LogP contribution < -0.4 is 16.0 Å². The number of hydrogen-bond donors (Lipinski definition) is 3. The minimum absolute atomic E-state index is 0.0121. The van der Waals surface area contributed by atoms with Crippen molar-refractivity contribution in [2.24, 2.45) is 5.92 Å². The number of nitrogens with zero attached hydrogens (tertiary/aromatic N) is 1. The van der Waals surface area contributed by atoms with Gasteiger partial charge >= 0.3 is 0 Å². The topological polar surface area (TPSA) is 73.5 Å². The molecule has 0 radical (unpaired) electrons. The van der Waals surface area contributed by atoms with E-state index in [1.165, 1.54) is 12.1 Å². The Bertz CT molecular complexity index is 1010. The van der Waals surface area contributed by atoms with Crippen molar-refractivity contribution in [2.75, 3.05) is 18.4 Å². The molecule has 0 saturated carbocycles. The fraction of sp³-hybridized carbons (Fsp3) is 0.423. The standard InChI is InChI=1S/C26H33FN4O2S/c1-4-18(3)28-25(33)23(30-24(32)22-8-6-5-7-17(22)2)19-13-15-31(16-14-19)26(34)29-21-11-9-20(27)10-12-21/h5-12,18-19,23H,4,13-16H2,1-3H3,(H,28,33)(H,29,34)(H,30,32)/t18-,23-/m0/s1. The highest BCUT2D eigenvalue weighted by atomic mass is 32.1. The highest BCUT2D eigenvalue weighted by molar-refractivity contribution is 7.80. The zero-order chi connectivity index (χ0) is 24.7. The highest BCUT2D eigenvalue weighted by Crippen LogP contribution is 2.23. The summed E-state index contributed by atoms with van der Waals surface area (Å²) < 4.78 is 13.2. The second-order valence-corrected chi connectivity index (χ2v) is 9.23. The number of rotatable bonds is 7. The Hall–Kier alpha value is -3.00. The van der Waals surface area contributed by atoms with Gasteiger partial charge in [0.15, 0.2) is 5.11 Å². The van der Waals surface area contributed by atoms with E-state index in [1.807, 2.05) is 43.9 Å². The Morgan fingerprint density at radius 3 is 2.35 bits per heavy atom. The van der Waals surface area contributed by atoms with Crippen LogP contribution in [-0.4, -0.2) is 47.0 Å². The van der Waals surface area contributed by atoms with Crippen LogP contribution in [0.25, 0.3) is 0 Å². The van der Waals surface area contributed by atoms with Gasteiger partial charge in [-0.2, -0.15) is 0 Å². The van der Waals surface area contributed by atoms with E-state index in [0.717, 1.165) is 17.7 Å². The van der Waals surface area contributed by atoms with Crippen molar-refractivity contribution in [3.8, 4) is 0 Å². The van der Waals surface area contributed by atoms with E-state index >= 15 is 0 Å². The monoisotopic (exact) mass is 484 g/mol. The van der Waals surface area contributed by atoms with Crippen LogP contribution in [0.15, 0.2) is 48.5 Å². The van der Waals surface area contributed by atoms with Gasteiger partial charge in [-0.3, -0.25) is 9.59 Å². The van der Waals surface area contributed by atoms with Crippen molar-refractivity contribution >= 4 is 34.8 Å². The molecule has 0 aromatic heterocycles. The molecule has 8 heteroatoms. The summed E-state index contributed by atoms with van der Waals surface area (Å²) in [5.41, 5.74) is 2.17. The van der Waals surface area contributed by atoms with Crippen molar-refractivity contribution < 1.29 is 14.0 Å². The molecule has 2 atom stereocenters. The number of benzene rings is 2. The van der Waals surface area contributed by atoms with Gasteiger partial charge < -0.3 is 20.9 Å². The van der Waals surface area contributed by atoms with Gasteiger partial charge in [0, 0.05) is 30.4 Å². The molecule has 1 aliphatic heterocycles. The SMILES string of the molecule is CC[C@H](C)NC(=O)[C@@H](NC(=O)c1ccccc1C)C1CCN(C(=S)Nc2ccc(F)cc2)CC1. The first-order valence-electron chi connectivity index (χ1n) is 11.8. The first-order chi connectivity index (χ1) is 16.3. The van der Waals surface area contributed by atoms with E-state index in [9.17, 15) is 14.0 Å². The van der Waals surface area contributed by atoms with Gasteiger partial charge in [0.05, 0.1) is 0 Å². The average molecular weight is 485 g/mol. The van der Waals surface area contributed by atoms with Gasteiger partial charge in [0.1, 0.15) is 11.9 Å². The molecule has 1 aliphatic rings. The lowest BCUT2D eigenvalue weighted by Gasteiger charge is -2.37. The summed E-state index contributed by atoms with van der Waals surface area (Å²) in [5.74, 6) is -0.700. The van der Waals surface area contributed by atoms with Crippen LogP contribution in [0.1, 0.15) is 49.0 Å². The molecule has 2 amide bonds. The average Bonchev–Trinajstić information content (AvgIpc) is 2.84. The number of likely N-dealkylation sites (tertiary alicyclic amines) is 1. The number of carbonyl (C=O) groups is 2. The normalized spacial score (nSPS) is 15.8. The number of hydrogen-bond acceptors (Lipinski definition) is 3. The third-order valence-corrected chi connectivity index (χ3v) is 6.71. The summed E-state index contributed by atoms with van der Waals surface area (Å²) in [6.07, 6.45) is 2.22. The molecule has 3 N–H and O–H groups in total. The van der Waals surface area contributed by atoms with Crippen LogP contribution in [-0.2, 0) is 4.79 Å². The molecule has 0 unspecified atom stereocenters. The van der Waals surface area contributed by atoms with Crippen LogP contribution >= 0.6 is 12.2 Å². The Morgan fingerprint density at radius 1 is 1.09 bits per heavy atom. The van der Waals surface area contributed by atoms with Crippen molar-refractivity contribution in [3.63, 3.8) is 0 Å². The maximum Gasteiger partial charge on any atom is 0.252 e. The van der Waals surface area contributed by atoms with E-state index in [4.69, 9.17) is 12.2 Å². The zero-order valence-electron chi connectivity index (χ0n) is 19.9. The quantitative estimate of drug-likeness (QED) is 0.513. The summed E-state index contributed by atoms with van der Waals surface area (Å²) in [6, 6.07) is 12.8. The van der Waals surface area contributed by atoms with Gasteiger partial charge in [0.25, 0.3) is 5.91 Å². The Kier molecular flexibility index (Phi) is 8.98. The second kappa shape index (κ2) is 11.9. The van der Waals surface area contributed by atoms with Crippen LogP contribution in [0.4, 0.5) is 10.1 Å². The van der Waals surface area contributed by atoms with Gasteiger partial charge in [-0.05, 0) is 87.1 Å². The van der Waals surface area contributed by atoms with Crippen molar-refractivity contribution in [1.29, 1.82) is 0 Å². The van der Waals surface area contributed by atoms with Crippen molar-refractivity contribution in [2.45, 2.75) is 52.1 Å². The molecule has 34 heavy (non-hydrogen) atoms. The lowest BCUT2D eigenvalue weighted by atomic mass is 9.88. The number of anilines is 1. The van der Waals surface area contributed by atoms with Crippen LogP contribution in [0.2, 0.25) is 0 Å². The lowest BCUT2D eigenvalue weighted by molar-refractivity contribution is -0.125. The van der Waals surface area contributed by atoms with E-state index in [-0.39, 0.29) is 29.6 Å². The lowest BCUT2D eigenvalue weighted by Crippen LogP contribution is -2.55. The molecule has 2 aromatic carbocycles. The van der Waals surface area contributed by atoms with E-state index in [1.54, 1.807) is 18.2 Å². The molecule has 3 rings (SSSR count). The predicted octanol–water partition coefficient (Wildman–Crippen LogP) is 4.26. The molecule has 0 aliphatic carbocycles. The second-order valence-electron chi connectivity index (χ2n) is 8.85. The summed E-state index contributed by atoms with van der Waals surface area (Å²) in [7, 11) is 0. The van der Waals surface area contributed by atoms with Crippen LogP contribution in [0, 0.1) is 18.7 Å². The first-order valence-corrected chi connectivity index (χ1v) is 12.2. The summed E-state index contributed by atoms with van der Waals surface area (Å²) in [6.45, 7) is 7.17. The molecule has 1 fully saturated rings. The van der Waals surface area contributed by atoms with Crippen molar-refractivity contribution in [1.82, 2.24) is 15.5 Å². The predicted molar refractivity (Wildman–Crippen MR) is 137 cm³/mol. The molecule has 0 spiro atoms. The van der Waals surface area contributed by atoms with E-state index < -0.39 is 6.04 Å². The Balaban J connectivity index is 1.66. The van der Waals surface area contributed by atoms with Crippen LogP contribution in [0.5, 0.6) is 0 Å². The van der Waals surface area contributed by atoms with Gasteiger partial charge in [-0.25, -0.2) is 4.39 Å². The number of aryl methyl sites for hydroxylation is 1. The number of amides is 2. The molecule has 182 valence electrons. The fourth-order valence-corrected chi connectivity index (χ4v) is 4.35. The summed E-state index contributed by atoms with van der Waals surface area (Å²) in [5, 5.41) is 9.75. The molecule has 6 nitrogen and oxygen atoms in total. The summed E-state index contributed by atoms with van der Waals surface area (Å²) in [4.78, 5) is 28.2. The fourth-order valence-electron chi connectivity index (χ4n) is 4.05. The third kappa shape index (κ3) is 6.76. The number of carbonyl (C=O) groups excluding carboxylic acids is 2. The summed E-state index contributed by atoms with van der Waals surface area (Å²) >= 11 is 5.54. The molecular formula is C26H33FN4O2S. The minimum atomic E-state index is -0.623. The van der Waals surface area contributed by atoms with Crippen molar-refractivity contribution in [3.05, 3.63) is 65.5 Å². The first kappa shape index (κ1) is 25.6. The van der Waals surface area contributed by atoms with Gasteiger partial charge in [-0.1, -0.05) is 25.1 Å². The smallest absolute Gasteiger partial charge is 0.252 e.